The largest absolute Gasteiger partial charge is 0.457 e. The molecule has 0 N–H and O–H groups in total. The number of rotatable bonds is 12. The molecule has 336 valence electrons. The molecule has 0 atom stereocenters. The quantitative estimate of drug-likeness (QED) is 0.119. The first kappa shape index (κ1) is 42.4. The Morgan fingerprint density at radius 2 is 0.803 bits per heavy atom. The van der Waals surface area contributed by atoms with Gasteiger partial charge in [-0.05, 0) is 126 Å². The van der Waals surface area contributed by atoms with E-state index < -0.39 is 0 Å². The first-order chi connectivity index (χ1) is 35.2. The fourth-order valence-corrected chi connectivity index (χ4v) is 8.91. The fourth-order valence-electron chi connectivity index (χ4n) is 8.91. The van der Waals surface area contributed by atoms with Gasteiger partial charge in [0, 0.05) is 106 Å². The lowest BCUT2D eigenvalue weighted by atomic mass is 9.91. The van der Waals surface area contributed by atoms with Crippen molar-refractivity contribution in [2.45, 2.75) is 0 Å². The highest BCUT2D eigenvalue weighted by Gasteiger charge is 2.20. The zero-order valence-corrected chi connectivity index (χ0v) is 38.1. The maximum Gasteiger partial charge on any atom is 0.159 e. The second-order valence-electron chi connectivity index (χ2n) is 16.7. The number of aromatic nitrogens is 9. The van der Waals surface area contributed by atoms with Gasteiger partial charge >= 0.3 is 0 Å². The summed E-state index contributed by atoms with van der Waals surface area (Å²) >= 11 is 0. The van der Waals surface area contributed by atoms with E-state index in [1.54, 1.807) is 18.6 Å². The van der Waals surface area contributed by atoms with Gasteiger partial charge < -0.3 is 4.74 Å². The standard InChI is InChI=1S/C61H41N9O/c1-2-14-53(54-27-22-45(59-65-31-10-32-66-59)41-58(54)71-51-12-9-11-44(40-51)57-17-5-8-30-64-57)52(13-1)46-37-47(60-67-33-35-69(60)49-23-18-42(19-24-49)55-15-3-6-28-62-55)39-48(38-46)61-68-34-36-70(61)50-25-20-43(21-26-50)56-16-4-7-29-63-56/h1-41H. The third-order valence-corrected chi connectivity index (χ3v) is 12.3. The molecule has 0 amide bonds. The maximum absolute atomic E-state index is 6.93. The van der Waals surface area contributed by atoms with Gasteiger partial charge in [-0.1, -0.05) is 84.9 Å². The number of imidazole rings is 2. The molecule has 6 heterocycles. The number of hydrogen-bond acceptors (Lipinski definition) is 8. The van der Waals surface area contributed by atoms with Crippen molar-refractivity contribution in [2.24, 2.45) is 0 Å². The lowest BCUT2D eigenvalue weighted by Gasteiger charge is -2.18. The normalized spacial score (nSPS) is 11.1. The molecule has 0 aliphatic heterocycles. The molecule has 10 nitrogen and oxygen atoms in total. The number of pyridine rings is 3. The van der Waals surface area contributed by atoms with Crippen LogP contribution in [-0.4, -0.2) is 44.0 Å². The molecule has 0 aliphatic rings. The predicted octanol–water partition coefficient (Wildman–Crippen LogP) is 14.2. The van der Waals surface area contributed by atoms with Crippen LogP contribution >= 0.6 is 0 Å². The maximum atomic E-state index is 6.93. The molecule has 0 saturated heterocycles. The molecule has 0 unspecified atom stereocenters. The number of benzene rings is 6. The highest BCUT2D eigenvalue weighted by Crippen LogP contribution is 2.43. The Labute approximate surface area is 410 Å². The van der Waals surface area contributed by atoms with Crippen LogP contribution in [0.5, 0.6) is 11.5 Å². The topological polar surface area (TPSA) is 109 Å². The molecule has 6 aromatic heterocycles. The highest BCUT2D eigenvalue weighted by molar-refractivity contribution is 5.90. The van der Waals surface area contributed by atoms with Crippen LogP contribution in [0.2, 0.25) is 0 Å². The Morgan fingerprint density at radius 1 is 0.296 bits per heavy atom. The van der Waals surface area contributed by atoms with Crippen LogP contribution in [0.15, 0.2) is 250 Å². The van der Waals surface area contributed by atoms with Crippen molar-refractivity contribution in [3.05, 3.63) is 250 Å². The summed E-state index contributed by atoms with van der Waals surface area (Å²) in [5.74, 6) is 3.46. The predicted molar refractivity (Wildman–Crippen MR) is 280 cm³/mol. The summed E-state index contributed by atoms with van der Waals surface area (Å²) < 4.78 is 11.2. The minimum absolute atomic E-state index is 0.598. The van der Waals surface area contributed by atoms with E-state index in [0.717, 1.165) is 95.7 Å². The minimum atomic E-state index is 0.598. The molecular weight excluding hydrogens is 875 g/mol. The summed E-state index contributed by atoms with van der Waals surface area (Å²) in [7, 11) is 0. The average molecular weight is 916 g/mol. The van der Waals surface area contributed by atoms with Gasteiger partial charge in [0.15, 0.2) is 5.82 Å². The molecule has 12 rings (SSSR count). The molecule has 0 spiro atoms. The Balaban J connectivity index is 1.00. The molecule has 0 fully saturated rings. The summed E-state index contributed by atoms with van der Waals surface area (Å²) in [6.07, 6.45) is 16.6. The second kappa shape index (κ2) is 19.0. The molecule has 12 aromatic rings. The van der Waals surface area contributed by atoms with Gasteiger partial charge in [0.2, 0.25) is 0 Å². The van der Waals surface area contributed by atoms with Crippen LogP contribution in [0.1, 0.15) is 0 Å². The summed E-state index contributed by atoms with van der Waals surface area (Å²) in [5, 5.41) is 0. The van der Waals surface area contributed by atoms with Crippen LogP contribution in [0.4, 0.5) is 0 Å². The lowest BCUT2D eigenvalue weighted by molar-refractivity contribution is 0.485. The van der Waals surface area contributed by atoms with Crippen LogP contribution in [0.25, 0.3) is 102 Å². The van der Waals surface area contributed by atoms with Gasteiger partial charge in [-0.2, -0.15) is 0 Å². The van der Waals surface area contributed by atoms with Gasteiger partial charge in [0.05, 0.1) is 17.1 Å². The summed E-state index contributed by atoms with van der Waals surface area (Å²) in [5.41, 5.74) is 14.1. The third kappa shape index (κ3) is 8.76. The van der Waals surface area contributed by atoms with E-state index in [9.17, 15) is 0 Å². The van der Waals surface area contributed by atoms with Gasteiger partial charge in [-0.3, -0.25) is 24.1 Å². The molecular formula is C61H41N9O. The third-order valence-electron chi connectivity index (χ3n) is 12.3. The first-order valence-corrected chi connectivity index (χ1v) is 23.2. The molecule has 0 radical (unpaired) electrons. The molecule has 0 bridgehead atoms. The van der Waals surface area contributed by atoms with E-state index in [2.05, 4.69) is 131 Å². The smallest absolute Gasteiger partial charge is 0.159 e. The van der Waals surface area contributed by atoms with Crippen molar-refractivity contribution in [1.82, 2.24) is 44.0 Å². The minimum Gasteiger partial charge on any atom is -0.457 e. The van der Waals surface area contributed by atoms with E-state index >= 15 is 0 Å². The van der Waals surface area contributed by atoms with Crippen molar-refractivity contribution < 1.29 is 4.74 Å². The van der Waals surface area contributed by atoms with Crippen LogP contribution < -0.4 is 4.74 Å². The van der Waals surface area contributed by atoms with Crippen molar-refractivity contribution in [2.75, 3.05) is 0 Å². The number of ether oxygens (including phenoxy) is 1. The first-order valence-electron chi connectivity index (χ1n) is 23.2. The van der Waals surface area contributed by atoms with Gasteiger partial charge in [-0.15, -0.1) is 0 Å². The van der Waals surface area contributed by atoms with Crippen molar-refractivity contribution in [1.29, 1.82) is 0 Å². The Bertz CT molecular complexity index is 3630. The van der Waals surface area contributed by atoms with Gasteiger partial charge in [-0.25, -0.2) is 19.9 Å². The monoisotopic (exact) mass is 915 g/mol. The summed E-state index contributed by atoms with van der Waals surface area (Å²) in [6.45, 7) is 0. The number of nitrogens with zero attached hydrogens (tertiary/aromatic N) is 9. The van der Waals surface area contributed by atoms with Crippen molar-refractivity contribution >= 4 is 0 Å². The number of hydrogen-bond donors (Lipinski definition) is 0. The molecule has 71 heavy (non-hydrogen) atoms. The van der Waals surface area contributed by atoms with Crippen molar-refractivity contribution in [3.63, 3.8) is 0 Å². The highest BCUT2D eigenvalue weighted by atomic mass is 16.5. The Morgan fingerprint density at radius 3 is 1.37 bits per heavy atom. The van der Waals surface area contributed by atoms with E-state index in [4.69, 9.17) is 14.7 Å². The van der Waals surface area contributed by atoms with Gasteiger partial charge in [0.25, 0.3) is 0 Å². The zero-order chi connectivity index (χ0) is 47.3. The Kier molecular flexibility index (Phi) is 11.3. The summed E-state index contributed by atoms with van der Waals surface area (Å²) in [4.78, 5) is 32.9. The van der Waals surface area contributed by atoms with Crippen molar-refractivity contribution in [3.8, 4) is 113 Å². The molecule has 0 aliphatic carbocycles. The van der Waals surface area contributed by atoms with Crippen LogP contribution in [0, 0.1) is 0 Å². The van der Waals surface area contributed by atoms with Crippen LogP contribution in [0.3, 0.4) is 0 Å². The second-order valence-corrected chi connectivity index (χ2v) is 16.7. The summed E-state index contributed by atoms with van der Waals surface area (Å²) in [6, 6.07) is 65.6. The molecule has 10 heteroatoms. The van der Waals surface area contributed by atoms with Gasteiger partial charge in [0.1, 0.15) is 23.1 Å². The molecule has 6 aromatic carbocycles. The van der Waals surface area contributed by atoms with E-state index in [1.165, 1.54) is 0 Å². The SMILES string of the molecule is c1ccc(-c2ccc(-n3ccnc3-c3cc(-c4ccccc4-c4ccc(-c5ncccn5)cc4Oc4cccc(-c5ccccn5)c4)cc(-c4nccn4-c4ccc(-c5ccccn5)cc4)c3)cc2)nc1. The van der Waals surface area contributed by atoms with E-state index in [1.807, 2.05) is 134 Å². The fraction of sp³-hybridized carbons (Fsp3) is 0. The Hall–Kier alpha value is -9.93. The average Bonchev–Trinajstić information content (AvgIpc) is 4.16. The van der Waals surface area contributed by atoms with E-state index in [-0.39, 0.29) is 0 Å². The molecule has 0 saturated carbocycles. The zero-order valence-electron chi connectivity index (χ0n) is 38.1. The van der Waals surface area contributed by atoms with E-state index in [0.29, 0.717) is 17.3 Å². The lowest BCUT2D eigenvalue weighted by Crippen LogP contribution is -2.00. The van der Waals surface area contributed by atoms with Crippen LogP contribution in [-0.2, 0) is 0 Å².